The van der Waals surface area contributed by atoms with E-state index in [-0.39, 0.29) is 47.8 Å². The molecule has 7 nitrogen and oxygen atoms in total. The largest absolute Gasteiger partial charge is 0.493 e. The van der Waals surface area contributed by atoms with Gasteiger partial charge in [-0.05, 0) is 47.7 Å². The number of ether oxygens (including phenoxy) is 2. The number of amides is 2. The zero-order valence-electron chi connectivity index (χ0n) is 19.9. The van der Waals surface area contributed by atoms with E-state index in [2.05, 4.69) is 0 Å². The van der Waals surface area contributed by atoms with Gasteiger partial charge < -0.3 is 14.6 Å². The number of nitrogens with zero attached hydrogens (tertiary/aromatic N) is 1. The minimum Gasteiger partial charge on any atom is -0.493 e. The fraction of sp³-hybridized carbons (Fsp3) is 0.138. The molecule has 4 aromatic rings. The molecular formula is C29H22FNO6. The highest BCUT2D eigenvalue weighted by molar-refractivity contribution is 6.39. The fourth-order valence-electron chi connectivity index (χ4n) is 4.50. The molecule has 0 saturated carbocycles. The first-order chi connectivity index (χ1) is 17.9. The smallest absolute Gasteiger partial charge is 0.307 e. The van der Waals surface area contributed by atoms with E-state index in [4.69, 9.17) is 14.6 Å². The van der Waals surface area contributed by atoms with Crippen LogP contribution in [0.15, 0.2) is 72.8 Å². The molecular weight excluding hydrogens is 477 g/mol. The van der Waals surface area contributed by atoms with E-state index in [1.165, 1.54) is 12.1 Å². The lowest BCUT2D eigenvalue weighted by Crippen LogP contribution is -2.30. The molecule has 37 heavy (non-hydrogen) atoms. The summed E-state index contributed by atoms with van der Waals surface area (Å²) in [6, 6.07) is 20.1. The van der Waals surface area contributed by atoms with E-state index in [9.17, 15) is 14.4 Å². The first kappa shape index (κ1) is 24.0. The van der Waals surface area contributed by atoms with Crippen LogP contribution in [0.25, 0.3) is 10.8 Å². The van der Waals surface area contributed by atoms with Crippen molar-refractivity contribution >= 4 is 34.2 Å². The van der Waals surface area contributed by atoms with Gasteiger partial charge in [-0.15, -0.1) is 0 Å². The maximum absolute atomic E-state index is 15.1. The Morgan fingerprint density at radius 2 is 1.62 bits per heavy atom. The molecule has 1 heterocycles. The predicted molar refractivity (Wildman–Crippen MR) is 135 cm³/mol. The van der Waals surface area contributed by atoms with E-state index in [0.717, 1.165) is 16.5 Å². The zero-order chi connectivity index (χ0) is 26.1. The number of carboxylic acids is 1. The molecule has 0 aliphatic carbocycles. The van der Waals surface area contributed by atoms with E-state index < -0.39 is 23.6 Å². The first-order valence-corrected chi connectivity index (χ1v) is 11.7. The van der Waals surface area contributed by atoms with Crippen molar-refractivity contribution in [2.45, 2.75) is 20.0 Å². The predicted octanol–water partition coefficient (Wildman–Crippen LogP) is 5.38. The number of anilines is 1. The van der Waals surface area contributed by atoms with Gasteiger partial charge in [-0.25, -0.2) is 9.29 Å². The molecule has 0 atom stereocenters. The normalized spacial score (nSPS) is 12.6. The Balaban J connectivity index is 1.63. The molecule has 8 heteroatoms. The van der Waals surface area contributed by atoms with Gasteiger partial charge in [0.2, 0.25) is 0 Å². The summed E-state index contributed by atoms with van der Waals surface area (Å²) in [5, 5.41) is 10.1. The molecule has 0 saturated heterocycles. The molecule has 0 spiro atoms. The van der Waals surface area contributed by atoms with Crippen molar-refractivity contribution in [1.82, 2.24) is 0 Å². The molecule has 2 amide bonds. The number of hydrogen-bond donors (Lipinski definition) is 1. The molecule has 0 unspecified atom stereocenters. The van der Waals surface area contributed by atoms with Crippen molar-refractivity contribution in [3.63, 3.8) is 0 Å². The Labute approximate surface area is 211 Å². The van der Waals surface area contributed by atoms with Gasteiger partial charge in [0.25, 0.3) is 11.8 Å². The molecule has 0 bridgehead atoms. The monoisotopic (exact) mass is 499 g/mol. The standard InChI is InChI=1S/C29H22FNO6/c1-2-36-23-15-19-9-6-10-22(37-16-17-7-4-3-5-8-17)25(19)27-26(23)28(34)31(29(27)35)21-12-11-18(13-20(21)30)14-24(32)33/h3-13,15H,2,14,16H2,1H3,(H,32,33). The van der Waals surface area contributed by atoms with E-state index in [0.29, 0.717) is 16.5 Å². The van der Waals surface area contributed by atoms with Crippen LogP contribution in [-0.4, -0.2) is 29.5 Å². The summed E-state index contributed by atoms with van der Waals surface area (Å²) in [6.45, 7) is 2.26. The average molecular weight is 499 g/mol. The van der Waals surface area contributed by atoms with E-state index >= 15 is 4.39 Å². The van der Waals surface area contributed by atoms with Crippen molar-refractivity contribution in [2.24, 2.45) is 0 Å². The summed E-state index contributed by atoms with van der Waals surface area (Å²) in [4.78, 5) is 39.1. The molecule has 1 aliphatic heterocycles. The number of benzene rings is 4. The molecule has 186 valence electrons. The number of halogens is 1. The lowest BCUT2D eigenvalue weighted by molar-refractivity contribution is -0.136. The Hall–Kier alpha value is -4.72. The number of carbonyl (C=O) groups is 3. The highest BCUT2D eigenvalue weighted by Gasteiger charge is 2.42. The topological polar surface area (TPSA) is 93.1 Å². The Kier molecular flexibility index (Phi) is 6.31. The van der Waals surface area contributed by atoms with Crippen LogP contribution in [0.5, 0.6) is 11.5 Å². The van der Waals surface area contributed by atoms with Crippen LogP contribution in [0.1, 0.15) is 38.8 Å². The second-order valence-corrected chi connectivity index (χ2v) is 8.49. The van der Waals surface area contributed by atoms with Crippen molar-refractivity contribution in [1.29, 1.82) is 0 Å². The Morgan fingerprint density at radius 3 is 2.32 bits per heavy atom. The number of carbonyl (C=O) groups excluding carboxylic acids is 2. The van der Waals surface area contributed by atoms with Gasteiger partial charge in [-0.2, -0.15) is 0 Å². The Bertz CT molecular complexity index is 1550. The van der Waals surface area contributed by atoms with Crippen molar-refractivity contribution < 1.29 is 33.4 Å². The minimum absolute atomic E-state index is 0.0316. The number of carboxylic acid groups (broad SMARTS) is 1. The van der Waals surface area contributed by atoms with Crippen LogP contribution in [0.3, 0.4) is 0 Å². The second kappa shape index (κ2) is 9.73. The molecule has 1 aliphatic rings. The van der Waals surface area contributed by atoms with Crippen LogP contribution in [0.2, 0.25) is 0 Å². The van der Waals surface area contributed by atoms with Gasteiger partial charge >= 0.3 is 5.97 Å². The summed E-state index contributed by atoms with van der Waals surface area (Å²) >= 11 is 0. The number of imide groups is 1. The summed E-state index contributed by atoms with van der Waals surface area (Å²) in [5.41, 5.74) is 0.975. The second-order valence-electron chi connectivity index (χ2n) is 8.49. The van der Waals surface area contributed by atoms with E-state index in [1.807, 2.05) is 30.3 Å². The molecule has 5 rings (SSSR count). The maximum atomic E-state index is 15.1. The van der Waals surface area contributed by atoms with Gasteiger partial charge in [0.1, 0.15) is 23.9 Å². The first-order valence-electron chi connectivity index (χ1n) is 11.7. The highest BCUT2D eigenvalue weighted by Crippen LogP contribution is 2.43. The molecule has 0 aromatic heterocycles. The number of rotatable bonds is 8. The van der Waals surface area contributed by atoms with Crippen LogP contribution in [-0.2, 0) is 17.8 Å². The Morgan fingerprint density at radius 1 is 0.865 bits per heavy atom. The van der Waals surface area contributed by atoms with Crippen molar-refractivity contribution in [3.05, 3.63) is 101 Å². The molecule has 1 N–H and O–H groups in total. The number of hydrogen-bond acceptors (Lipinski definition) is 5. The summed E-state index contributed by atoms with van der Waals surface area (Å²) < 4.78 is 26.9. The van der Waals surface area contributed by atoms with Gasteiger partial charge in [0, 0.05) is 5.39 Å². The maximum Gasteiger partial charge on any atom is 0.307 e. The third-order valence-corrected chi connectivity index (χ3v) is 6.07. The van der Waals surface area contributed by atoms with Crippen LogP contribution >= 0.6 is 0 Å². The lowest BCUT2D eigenvalue weighted by atomic mass is 9.98. The van der Waals surface area contributed by atoms with E-state index in [1.54, 1.807) is 31.2 Å². The third-order valence-electron chi connectivity index (χ3n) is 6.07. The van der Waals surface area contributed by atoms with Crippen molar-refractivity contribution in [2.75, 3.05) is 11.5 Å². The third kappa shape index (κ3) is 4.38. The van der Waals surface area contributed by atoms with Gasteiger partial charge in [0.05, 0.1) is 29.8 Å². The van der Waals surface area contributed by atoms with Crippen LogP contribution < -0.4 is 14.4 Å². The highest BCUT2D eigenvalue weighted by atomic mass is 19.1. The van der Waals surface area contributed by atoms with Crippen LogP contribution in [0.4, 0.5) is 10.1 Å². The van der Waals surface area contributed by atoms with Gasteiger partial charge in [-0.3, -0.25) is 14.4 Å². The number of aliphatic carboxylic acids is 1. The average Bonchev–Trinajstić information content (AvgIpc) is 3.13. The quantitative estimate of drug-likeness (QED) is 0.327. The SMILES string of the molecule is CCOc1cc2cccc(OCc3ccccc3)c2c2c1C(=O)N(c1ccc(CC(=O)O)cc1F)C2=O. The zero-order valence-corrected chi connectivity index (χ0v) is 19.9. The lowest BCUT2D eigenvalue weighted by Gasteiger charge is -2.15. The molecule has 0 fully saturated rings. The minimum atomic E-state index is -1.12. The summed E-state index contributed by atoms with van der Waals surface area (Å²) in [6.07, 6.45) is -0.388. The molecule has 4 aromatic carbocycles. The van der Waals surface area contributed by atoms with Gasteiger partial charge in [-0.1, -0.05) is 48.5 Å². The fourth-order valence-corrected chi connectivity index (χ4v) is 4.50. The van der Waals surface area contributed by atoms with Crippen LogP contribution in [0, 0.1) is 5.82 Å². The molecule has 0 radical (unpaired) electrons. The summed E-state index contributed by atoms with van der Waals surface area (Å²) in [7, 11) is 0. The summed E-state index contributed by atoms with van der Waals surface area (Å²) in [5.74, 6) is -2.82. The van der Waals surface area contributed by atoms with Gasteiger partial charge in [0.15, 0.2) is 0 Å². The van der Waals surface area contributed by atoms with Crippen molar-refractivity contribution in [3.8, 4) is 11.5 Å². The number of fused-ring (bicyclic) bond motifs is 3.